The first-order valence-electron chi connectivity index (χ1n) is 5.63. The van der Waals surface area contributed by atoms with E-state index in [1.807, 2.05) is 0 Å². The quantitative estimate of drug-likeness (QED) is 0.834. The van der Waals surface area contributed by atoms with Crippen LogP contribution >= 0.6 is 0 Å². The number of methoxy groups -OCH3 is 1. The third-order valence-corrected chi connectivity index (χ3v) is 2.92. The minimum absolute atomic E-state index is 0.295. The Kier molecular flexibility index (Phi) is 4.31. The van der Waals surface area contributed by atoms with Crippen LogP contribution in [0.15, 0.2) is 24.3 Å². The number of carboxylic acids is 1. The van der Waals surface area contributed by atoms with E-state index in [9.17, 15) is 9.59 Å². The highest BCUT2D eigenvalue weighted by Crippen LogP contribution is 2.19. The number of amides is 1. The van der Waals surface area contributed by atoms with Gasteiger partial charge in [0.2, 0.25) is 0 Å². The smallest absolute Gasteiger partial charge is 0.329 e. The highest BCUT2D eigenvalue weighted by atomic mass is 16.5. The van der Waals surface area contributed by atoms with Crippen LogP contribution in [0.4, 0.5) is 0 Å². The first kappa shape index (κ1) is 14.0. The van der Waals surface area contributed by atoms with E-state index in [-0.39, 0.29) is 0 Å². The second kappa shape index (κ2) is 5.53. The van der Waals surface area contributed by atoms with Crippen LogP contribution in [0.25, 0.3) is 0 Å². The van der Waals surface area contributed by atoms with E-state index in [1.165, 1.54) is 14.0 Å². The van der Waals surface area contributed by atoms with Crippen LogP contribution in [0.1, 0.15) is 30.6 Å². The number of rotatable bonds is 5. The van der Waals surface area contributed by atoms with Gasteiger partial charge >= 0.3 is 5.97 Å². The van der Waals surface area contributed by atoms with Crippen LogP contribution < -0.4 is 10.1 Å². The van der Waals surface area contributed by atoms with Gasteiger partial charge in [-0.25, -0.2) is 4.79 Å². The van der Waals surface area contributed by atoms with E-state index < -0.39 is 17.4 Å². The van der Waals surface area contributed by atoms with Crippen molar-refractivity contribution in [2.24, 2.45) is 0 Å². The van der Waals surface area contributed by atoms with Crippen molar-refractivity contribution in [3.8, 4) is 5.75 Å². The Labute approximate surface area is 106 Å². The third-order valence-electron chi connectivity index (χ3n) is 2.92. The molecule has 0 radical (unpaired) electrons. The Hall–Kier alpha value is -2.04. The molecular weight excluding hydrogens is 234 g/mol. The molecule has 1 unspecified atom stereocenters. The molecule has 0 aromatic heterocycles. The number of carbonyl (C=O) groups is 2. The van der Waals surface area contributed by atoms with Crippen molar-refractivity contribution in [1.82, 2.24) is 5.32 Å². The number of para-hydroxylation sites is 1. The van der Waals surface area contributed by atoms with Crippen LogP contribution in [0.5, 0.6) is 5.75 Å². The fraction of sp³-hybridized carbons (Fsp3) is 0.385. The van der Waals surface area contributed by atoms with E-state index in [2.05, 4.69) is 5.32 Å². The van der Waals surface area contributed by atoms with Crippen molar-refractivity contribution >= 4 is 11.9 Å². The van der Waals surface area contributed by atoms with Gasteiger partial charge in [0.05, 0.1) is 12.7 Å². The SMILES string of the molecule is CCC(C)(NC(=O)c1ccccc1OC)C(=O)O. The Morgan fingerprint density at radius 2 is 2.00 bits per heavy atom. The summed E-state index contributed by atoms with van der Waals surface area (Å²) in [4.78, 5) is 23.2. The predicted molar refractivity (Wildman–Crippen MR) is 66.8 cm³/mol. The van der Waals surface area contributed by atoms with E-state index in [1.54, 1.807) is 31.2 Å². The molecule has 0 saturated carbocycles. The van der Waals surface area contributed by atoms with E-state index in [0.717, 1.165) is 0 Å². The van der Waals surface area contributed by atoms with E-state index in [4.69, 9.17) is 9.84 Å². The normalized spacial score (nSPS) is 13.5. The summed E-state index contributed by atoms with van der Waals surface area (Å²) in [5, 5.41) is 11.6. The lowest BCUT2D eigenvalue weighted by Crippen LogP contribution is -2.51. The molecule has 0 heterocycles. The summed E-state index contributed by atoms with van der Waals surface area (Å²) in [7, 11) is 1.46. The van der Waals surface area contributed by atoms with Gasteiger partial charge in [0.15, 0.2) is 0 Å². The number of nitrogens with one attached hydrogen (secondary N) is 1. The monoisotopic (exact) mass is 251 g/mol. The maximum atomic E-state index is 12.0. The summed E-state index contributed by atoms with van der Waals surface area (Å²) in [6.45, 7) is 3.18. The maximum absolute atomic E-state index is 12.0. The molecule has 0 aliphatic carbocycles. The summed E-state index contributed by atoms with van der Waals surface area (Å²) in [6.07, 6.45) is 0.295. The molecule has 0 bridgehead atoms. The van der Waals surface area contributed by atoms with E-state index in [0.29, 0.717) is 17.7 Å². The average molecular weight is 251 g/mol. The number of carbonyl (C=O) groups excluding carboxylic acids is 1. The first-order chi connectivity index (χ1) is 8.44. The van der Waals surface area contributed by atoms with Gasteiger partial charge in [0, 0.05) is 0 Å². The fourth-order valence-corrected chi connectivity index (χ4v) is 1.44. The molecule has 0 saturated heterocycles. The van der Waals surface area contributed by atoms with Crippen molar-refractivity contribution in [3.05, 3.63) is 29.8 Å². The Balaban J connectivity index is 2.98. The Morgan fingerprint density at radius 3 is 2.50 bits per heavy atom. The Bertz CT molecular complexity index is 458. The molecule has 98 valence electrons. The minimum atomic E-state index is -1.28. The van der Waals surface area contributed by atoms with Gasteiger partial charge in [0.1, 0.15) is 11.3 Å². The van der Waals surface area contributed by atoms with Crippen LogP contribution in [-0.2, 0) is 4.79 Å². The van der Waals surface area contributed by atoms with Crippen molar-refractivity contribution < 1.29 is 19.4 Å². The van der Waals surface area contributed by atoms with Gasteiger partial charge < -0.3 is 15.2 Å². The largest absolute Gasteiger partial charge is 0.496 e. The molecule has 1 aromatic rings. The molecule has 2 N–H and O–H groups in total. The molecule has 0 spiro atoms. The molecule has 18 heavy (non-hydrogen) atoms. The van der Waals surface area contributed by atoms with Crippen molar-refractivity contribution in [2.45, 2.75) is 25.8 Å². The number of benzene rings is 1. The molecule has 1 aromatic carbocycles. The summed E-state index contributed by atoms with van der Waals surface area (Å²) in [5.41, 5.74) is -0.960. The first-order valence-corrected chi connectivity index (χ1v) is 5.63. The van der Waals surface area contributed by atoms with Gasteiger partial charge in [0.25, 0.3) is 5.91 Å². The predicted octanol–water partition coefficient (Wildman–Crippen LogP) is 1.68. The third kappa shape index (κ3) is 2.80. The maximum Gasteiger partial charge on any atom is 0.329 e. The van der Waals surface area contributed by atoms with Crippen molar-refractivity contribution in [2.75, 3.05) is 7.11 Å². The van der Waals surface area contributed by atoms with Crippen LogP contribution in [0.3, 0.4) is 0 Å². The minimum Gasteiger partial charge on any atom is -0.496 e. The Morgan fingerprint density at radius 1 is 1.39 bits per heavy atom. The van der Waals surface area contributed by atoms with Crippen LogP contribution in [-0.4, -0.2) is 29.6 Å². The molecular formula is C13H17NO4. The average Bonchev–Trinajstić information content (AvgIpc) is 2.38. The molecule has 0 aliphatic heterocycles. The van der Waals surface area contributed by atoms with E-state index >= 15 is 0 Å². The zero-order chi connectivity index (χ0) is 13.8. The topological polar surface area (TPSA) is 75.6 Å². The zero-order valence-electron chi connectivity index (χ0n) is 10.7. The van der Waals surface area contributed by atoms with Gasteiger partial charge in [-0.3, -0.25) is 4.79 Å². The molecule has 5 heteroatoms. The van der Waals surface area contributed by atoms with Crippen LogP contribution in [0, 0.1) is 0 Å². The molecule has 0 aliphatic rings. The number of carboxylic acid groups (broad SMARTS) is 1. The highest BCUT2D eigenvalue weighted by Gasteiger charge is 2.33. The summed E-state index contributed by atoms with van der Waals surface area (Å²) >= 11 is 0. The standard InChI is InChI=1S/C13H17NO4/c1-4-13(2,12(16)17)14-11(15)9-7-5-6-8-10(9)18-3/h5-8H,4H2,1-3H3,(H,14,15)(H,16,17). The zero-order valence-corrected chi connectivity index (χ0v) is 10.7. The number of ether oxygens (including phenoxy) is 1. The molecule has 1 rings (SSSR count). The molecule has 1 atom stereocenters. The number of hydrogen-bond acceptors (Lipinski definition) is 3. The lowest BCUT2D eigenvalue weighted by Gasteiger charge is -2.24. The summed E-state index contributed by atoms with van der Waals surface area (Å²) < 4.78 is 5.07. The lowest BCUT2D eigenvalue weighted by molar-refractivity contribution is -0.143. The summed E-state index contributed by atoms with van der Waals surface area (Å²) in [5.74, 6) is -1.11. The summed E-state index contributed by atoms with van der Waals surface area (Å²) in [6, 6.07) is 6.68. The fourth-order valence-electron chi connectivity index (χ4n) is 1.44. The van der Waals surface area contributed by atoms with Gasteiger partial charge in [-0.05, 0) is 25.5 Å². The highest BCUT2D eigenvalue weighted by molar-refractivity contribution is 5.99. The number of aliphatic carboxylic acids is 1. The lowest BCUT2D eigenvalue weighted by atomic mass is 9.98. The van der Waals surface area contributed by atoms with Crippen molar-refractivity contribution in [1.29, 1.82) is 0 Å². The molecule has 0 fully saturated rings. The van der Waals surface area contributed by atoms with Gasteiger partial charge in [-0.15, -0.1) is 0 Å². The van der Waals surface area contributed by atoms with Gasteiger partial charge in [-0.2, -0.15) is 0 Å². The second-order valence-corrected chi connectivity index (χ2v) is 4.15. The molecule has 1 amide bonds. The molecule has 5 nitrogen and oxygen atoms in total. The second-order valence-electron chi connectivity index (χ2n) is 4.15. The van der Waals surface area contributed by atoms with Crippen molar-refractivity contribution in [3.63, 3.8) is 0 Å². The number of hydrogen-bond donors (Lipinski definition) is 2. The van der Waals surface area contributed by atoms with Gasteiger partial charge in [-0.1, -0.05) is 19.1 Å². The van der Waals surface area contributed by atoms with Crippen LogP contribution in [0.2, 0.25) is 0 Å².